The molecule has 1 aliphatic rings. The number of hydrogen-bond donors (Lipinski definition) is 1. The fourth-order valence-corrected chi connectivity index (χ4v) is 3.86. The van der Waals surface area contributed by atoms with Crippen LogP contribution in [-0.4, -0.2) is 28.1 Å². The molecule has 150 valence electrons. The summed E-state index contributed by atoms with van der Waals surface area (Å²) >= 11 is 1.21. The van der Waals surface area contributed by atoms with Crippen LogP contribution in [0.3, 0.4) is 0 Å². The molecule has 1 amide bonds. The molecule has 1 aliphatic heterocycles. The smallest absolute Gasteiger partial charge is 0.277 e. The fourth-order valence-electron chi connectivity index (χ4n) is 3.18. The van der Waals surface area contributed by atoms with Crippen LogP contribution in [0.15, 0.2) is 70.3 Å². The van der Waals surface area contributed by atoms with Crippen molar-refractivity contribution in [2.45, 2.75) is 17.4 Å². The first-order chi connectivity index (χ1) is 14.7. The first-order valence-corrected chi connectivity index (χ1v) is 10.2. The second kappa shape index (κ2) is 7.72. The molecular formula is C22H17N3O4S. The average Bonchev–Trinajstić information content (AvgIpc) is 3.42. The number of hydrogen-bond acceptors (Lipinski definition) is 7. The summed E-state index contributed by atoms with van der Waals surface area (Å²) in [6, 6.07) is 19.2. The van der Waals surface area contributed by atoms with Crippen LogP contribution in [0.25, 0.3) is 22.2 Å². The van der Waals surface area contributed by atoms with Gasteiger partial charge < -0.3 is 19.2 Å². The number of anilines is 1. The number of ether oxygens (including phenoxy) is 2. The first-order valence-electron chi connectivity index (χ1n) is 9.36. The van der Waals surface area contributed by atoms with Gasteiger partial charge in [-0.3, -0.25) is 4.79 Å². The number of amides is 1. The molecule has 1 unspecified atom stereocenters. The molecule has 1 N–H and O–H groups in total. The lowest BCUT2D eigenvalue weighted by Crippen LogP contribution is -2.22. The predicted molar refractivity (Wildman–Crippen MR) is 114 cm³/mol. The molecule has 0 aliphatic carbocycles. The lowest BCUT2D eigenvalue weighted by Gasteiger charge is -2.12. The Balaban J connectivity index is 1.28. The third-order valence-corrected chi connectivity index (χ3v) is 5.65. The zero-order valence-corrected chi connectivity index (χ0v) is 16.8. The number of nitrogens with zero attached hydrogens (tertiary/aromatic N) is 2. The van der Waals surface area contributed by atoms with Crippen LogP contribution in [0, 0.1) is 0 Å². The highest BCUT2D eigenvalue weighted by atomic mass is 32.2. The van der Waals surface area contributed by atoms with Crippen LogP contribution in [0.5, 0.6) is 11.5 Å². The van der Waals surface area contributed by atoms with E-state index >= 15 is 0 Å². The summed E-state index contributed by atoms with van der Waals surface area (Å²) in [6.45, 7) is 2.00. The molecule has 1 atom stereocenters. The fraction of sp³-hybridized carbons (Fsp3) is 0.136. The Labute approximate surface area is 176 Å². The number of carbonyl (C=O) groups is 1. The molecule has 8 heteroatoms. The van der Waals surface area contributed by atoms with Crippen molar-refractivity contribution in [3.8, 4) is 23.0 Å². The first kappa shape index (κ1) is 18.5. The Morgan fingerprint density at radius 2 is 1.87 bits per heavy atom. The molecular weight excluding hydrogens is 402 g/mol. The molecule has 4 aromatic rings. The molecule has 2 heterocycles. The van der Waals surface area contributed by atoms with Crippen molar-refractivity contribution in [3.63, 3.8) is 0 Å². The maximum absolute atomic E-state index is 12.7. The Morgan fingerprint density at radius 1 is 1.03 bits per heavy atom. The summed E-state index contributed by atoms with van der Waals surface area (Å²) in [5, 5.41) is 13.1. The van der Waals surface area contributed by atoms with Gasteiger partial charge in [0.15, 0.2) is 11.5 Å². The molecule has 0 fully saturated rings. The highest BCUT2D eigenvalue weighted by molar-refractivity contribution is 8.00. The van der Waals surface area contributed by atoms with Crippen LogP contribution in [0.2, 0.25) is 0 Å². The molecule has 0 saturated heterocycles. The van der Waals surface area contributed by atoms with Crippen LogP contribution >= 0.6 is 11.8 Å². The number of thioether (sulfide) groups is 1. The van der Waals surface area contributed by atoms with E-state index in [1.165, 1.54) is 11.8 Å². The molecule has 3 aromatic carbocycles. The normalized spacial score (nSPS) is 13.4. The Hall–Kier alpha value is -3.52. The molecule has 1 aromatic heterocycles. The molecule has 30 heavy (non-hydrogen) atoms. The number of nitrogens with one attached hydrogen (secondary N) is 1. The van der Waals surface area contributed by atoms with Crippen molar-refractivity contribution in [3.05, 3.63) is 60.7 Å². The number of rotatable bonds is 5. The number of benzene rings is 3. The SMILES string of the molecule is CC(Sc1nnc(-c2ccc3c(c2)OCO3)o1)C(=O)Nc1cccc2ccccc12. The van der Waals surface area contributed by atoms with Gasteiger partial charge in [-0.2, -0.15) is 0 Å². The molecule has 0 spiro atoms. The van der Waals surface area contributed by atoms with E-state index in [9.17, 15) is 4.79 Å². The van der Waals surface area contributed by atoms with Crippen molar-refractivity contribution in [1.82, 2.24) is 10.2 Å². The molecule has 0 radical (unpaired) electrons. The van der Waals surface area contributed by atoms with Gasteiger partial charge in [-0.1, -0.05) is 48.2 Å². The highest BCUT2D eigenvalue weighted by Gasteiger charge is 2.21. The van der Waals surface area contributed by atoms with Gasteiger partial charge in [-0.25, -0.2) is 0 Å². The number of carbonyl (C=O) groups excluding carboxylic acids is 1. The topological polar surface area (TPSA) is 86.5 Å². The molecule has 7 nitrogen and oxygen atoms in total. The van der Waals surface area contributed by atoms with E-state index in [4.69, 9.17) is 13.9 Å². The summed E-state index contributed by atoms with van der Waals surface area (Å²) in [5.41, 5.74) is 1.50. The molecule has 5 rings (SSSR count). The second-order valence-electron chi connectivity index (χ2n) is 6.72. The zero-order chi connectivity index (χ0) is 20.5. The van der Waals surface area contributed by atoms with E-state index in [0.29, 0.717) is 22.6 Å². The minimum absolute atomic E-state index is 0.140. The van der Waals surface area contributed by atoms with Gasteiger partial charge in [-0.15, -0.1) is 10.2 Å². The van der Waals surface area contributed by atoms with Crippen molar-refractivity contribution < 1.29 is 18.7 Å². The van der Waals surface area contributed by atoms with Crippen LogP contribution in [0.1, 0.15) is 6.92 Å². The Morgan fingerprint density at radius 3 is 2.80 bits per heavy atom. The van der Waals surface area contributed by atoms with Gasteiger partial charge in [0.2, 0.25) is 18.6 Å². The van der Waals surface area contributed by atoms with Crippen molar-refractivity contribution in [2.75, 3.05) is 12.1 Å². The van der Waals surface area contributed by atoms with Gasteiger partial charge in [0.05, 0.1) is 5.25 Å². The van der Waals surface area contributed by atoms with E-state index < -0.39 is 5.25 Å². The lowest BCUT2D eigenvalue weighted by atomic mass is 10.1. The predicted octanol–water partition coefficient (Wildman–Crippen LogP) is 4.74. The van der Waals surface area contributed by atoms with E-state index in [1.807, 2.05) is 48.5 Å². The van der Waals surface area contributed by atoms with E-state index in [0.717, 1.165) is 22.0 Å². The third-order valence-electron chi connectivity index (χ3n) is 4.72. The number of fused-ring (bicyclic) bond motifs is 2. The monoisotopic (exact) mass is 419 g/mol. The quantitative estimate of drug-likeness (QED) is 0.468. The maximum Gasteiger partial charge on any atom is 0.277 e. The third kappa shape index (κ3) is 3.57. The summed E-state index contributed by atoms with van der Waals surface area (Å²) in [7, 11) is 0. The van der Waals surface area contributed by atoms with Crippen LogP contribution < -0.4 is 14.8 Å². The zero-order valence-electron chi connectivity index (χ0n) is 16.0. The average molecular weight is 419 g/mol. The highest BCUT2D eigenvalue weighted by Crippen LogP contribution is 2.36. The summed E-state index contributed by atoms with van der Waals surface area (Å²) in [5.74, 6) is 1.55. The van der Waals surface area contributed by atoms with Crippen LogP contribution in [-0.2, 0) is 4.79 Å². The van der Waals surface area contributed by atoms with Crippen LogP contribution in [0.4, 0.5) is 5.69 Å². The minimum atomic E-state index is -0.422. The van der Waals surface area contributed by atoms with E-state index in [2.05, 4.69) is 15.5 Å². The summed E-state index contributed by atoms with van der Waals surface area (Å²) in [4.78, 5) is 12.7. The van der Waals surface area contributed by atoms with Gasteiger partial charge in [0, 0.05) is 16.6 Å². The standard InChI is InChI=1S/C22H17N3O4S/c1-13(20(26)23-17-8-4-6-14-5-2-3-7-16(14)17)30-22-25-24-21(29-22)15-9-10-18-19(11-15)28-12-27-18/h2-11,13H,12H2,1H3,(H,23,26). The van der Waals surface area contributed by atoms with Gasteiger partial charge in [0.1, 0.15) is 0 Å². The van der Waals surface area contributed by atoms with Crippen molar-refractivity contribution in [1.29, 1.82) is 0 Å². The number of aromatic nitrogens is 2. The van der Waals surface area contributed by atoms with Crippen molar-refractivity contribution in [2.24, 2.45) is 0 Å². The molecule has 0 bridgehead atoms. The lowest BCUT2D eigenvalue weighted by molar-refractivity contribution is -0.115. The summed E-state index contributed by atoms with van der Waals surface area (Å²) < 4.78 is 16.4. The Bertz CT molecular complexity index is 1230. The van der Waals surface area contributed by atoms with Gasteiger partial charge in [-0.05, 0) is 36.6 Å². The van der Waals surface area contributed by atoms with Gasteiger partial charge in [0.25, 0.3) is 5.22 Å². The second-order valence-corrected chi connectivity index (χ2v) is 8.01. The summed E-state index contributed by atoms with van der Waals surface area (Å²) in [6.07, 6.45) is 0. The minimum Gasteiger partial charge on any atom is -0.454 e. The van der Waals surface area contributed by atoms with E-state index in [-0.39, 0.29) is 12.7 Å². The Kier molecular flexibility index (Phi) is 4.76. The largest absolute Gasteiger partial charge is 0.454 e. The van der Waals surface area contributed by atoms with Gasteiger partial charge >= 0.3 is 0 Å². The molecule has 0 saturated carbocycles. The van der Waals surface area contributed by atoms with E-state index in [1.54, 1.807) is 19.1 Å². The van der Waals surface area contributed by atoms with Crippen molar-refractivity contribution >= 4 is 34.1 Å². The maximum atomic E-state index is 12.7.